The third kappa shape index (κ3) is 3.23. The minimum Gasteiger partial charge on any atom is -0.497 e. The average molecular weight is 416 g/mol. The fourth-order valence-corrected chi connectivity index (χ4v) is 3.80. The molecule has 3 aromatic carbocycles. The number of nitrogens with zero attached hydrogens (tertiary/aromatic N) is 1. The molecule has 0 N–H and O–H groups in total. The first kappa shape index (κ1) is 18.8. The summed E-state index contributed by atoms with van der Waals surface area (Å²) in [5.74, 6) is -0.442. The molecular formula is C22H16Cl2FNO2. The summed E-state index contributed by atoms with van der Waals surface area (Å²) in [6.07, 6.45) is 0. The van der Waals surface area contributed by atoms with Gasteiger partial charge in [0, 0.05) is 10.7 Å². The van der Waals surface area contributed by atoms with Crippen molar-refractivity contribution < 1.29 is 13.9 Å². The molecule has 28 heavy (non-hydrogen) atoms. The van der Waals surface area contributed by atoms with Gasteiger partial charge in [0.15, 0.2) is 0 Å². The van der Waals surface area contributed by atoms with E-state index in [1.165, 1.54) is 12.1 Å². The summed E-state index contributed by atoms with van der Waals surface area (Å²) in [5, 5.41) is 0.644. The van der Waals surface area contributed by atoms with Crippen molar-refractivity contribution in [3.05, 3.63) is 93.7 Å². The van der Waals surface area contributed by atoms with E-state index in [1.807, 2.05) is 24.3 Å². The van der Waals surface area contributed by atoms with Crippen LogP contribution in [0.2, 0.25) is 10.0 Å². The molecule has 0 aliphatic carbocycles. The van der Waals surface area contributed by atoms with Crippen LogP contribution in [0.25, 0.3) is 0 Å². The van der Waals surface area contributed by atoms with Gasteiger partial charge in [0.25, 0.3) is 0 Å². The number of carbonyl (C=O) groups excluding carboxylic acids is 1. The van der Waals surface area contributed by atoms with E-state index in [2.05, 4.69) is 0 Å². The Bertz CT molecular complexity index is 1020. The molecule has 1 aliphatic heterocycles. The van der Waals surface area contributed by atoms with Crippen molar-refractivity contribution in [1.29, 1.82) is 0 Å². The van der Waals surface area contributed by atoms with E-state index in [9.17, 15) is 9.18 Å². The van der Waals surface area contributed by atoms with Gasteiger partial charge in [0.05, 0.1) is 24.1 Å². The van der Waals surface area contributed by atoms with Gasteiger partial charge in [-0.25, -0.2) is 4.39 Å². The molecule has 1 fully saturated rings. The molecule has 3 aromatic rings. The Morgan fingerprint density at radius 3 is 2.18 bits per heavy atom. The van der Waals surface area contributed by atoms with Crippen LogP contribution in [0.3, 0.4) is 0 Å². The summed E-state index contributed by atoms with van der Waals surface area (Å²) < 4.78 is 19.2. The number of hydrogen-bond donors (Lipinski definition) is 0. The lowest BCUT2D eigenvalue weighted by atomic mass is 9.77. The van der Waals surface area contributed by atoms with Gasteiger partial charge in [-0.15, -0.1) is 0 Å². The maximum absolute atomic E-state index is 14.0. The van der Waals surface area contributed by atoms with Crippen LogP contribution in [0.5, 0.6) is 5.75 Å². The Kier molecular flexibility index (Phi) is 5.00. The second-order valence-corrected chi connectivity index (χ2v) is 7.40. The van der Waals surface area contributed by atoms with Gasteiger partial charge in [-0.3, -0.25) is 4.79 Å². The molecule has 1 aliphatic rings. The van der Waals surface area contributed by atoms with Gasteiger partial charge >= 0.3 is 0 Å². The van der Waals surface area contributed by atoms with E-state index in [0.29, 0.717) is 16.3 Å². The summed E-state index contributed by atoms with van der Waals surface area (Å²) in [7, 11) is 1.59. The van der Waals surface area contributed by atoms with E-state index < -0.39 is 11.7 Å². The molecule has 1 heterocycles. The summed E-state index contributed by atoms with van der Waals surface area (Å²) >= 11 is 11.8. The van der Waals surface area contributed by atoms with E-state index in [-0.39, 0.29) is 17.0 Å². The van der Waals surface area contributed by atoms with Crippen LogP contribution in [-0.2, 0) is 4.79 Å². The van der Waals surface area contributed by atoms with Gasteiger partial charge in [-0.2, -0.15) is 0 Å². The number of halogens is 3. The molecular weight excluding hydrogens is 400 g/mol. The Labute approximate surface area is 172 Å². The van der Waals surface area contributed by atoms with Crippen LogP contribution in [0, 0.1) is 5.82 Å². The number of methoxy groups -OCH3 is 1. The minimum atomic E-state index is -0.537. The highest BCUT2D eigenvalue weighted by Crippen LogP contribution is 2.49. The summed E-state index contributed by atoms with van der Waals surface area (Å²) in [5.41, 5.74) is 2.26. The molecule has 3 nitrogen and oxygen atoms in total. The average Bonchev–Trinajstić information content (AvgIpc) is 2.70. The molecule has 0 saturated carbocycles. The van der Waals surface area contributed by atoms with Gasteiger partial charge in [-0.1, -0.05) is 41.4 Å². The van der Waals surface area contributed by atoms with Crippen LogP contribution < -0.4 is 9.64 Å². The first-order chi connectivity index (χ1) is 13.5. The third-order valence-electron chi connectivity index (χ3n) is 4.96. The summed E-state index contributed by atoms with van der Waals surface area (Å²) in [6.45, 7) is 0. The smallest absolute Gasteiger partial charge is 0.237 e. The maximum atomic E-state index is 14.0. The molecule has 0 aromatic heterocycles. The standard InChI is InChI=1S/C22H16Cl2FNO2/c1-28-17-9-7-16(8-10-17)26-21(13-2-5-15(23)6-3-13)20(22(26)27)14-4-11-18(24)19(25)12-14/h2-12,20-21H,1H3/t20-,21-/m1/s1. The normalized spacial score (nSPS) is 18.7. The molecule has 0 spiro atoms. The number of amides is 1. The number of hydrogen-bond acceptors (Lipinski definition) is 2. The van der Waals surface area contributed by atoms with Gasteiger partial charge in [-0.05, 0) is 59.7 Å². The summed E-state index contributed by atoms with van der Waals surface area (Å²) in [4.78, 5) is 14.8. The van der Waals surface area contributed by atoms with Crippen molar-refractivity contribution in [3.63, 3.8) is 0 Å². The predicted octanol–water partition coefficient (Wildman–Crippen LogP) is 6.01. The van der Waals surface area contributed by atoms with Crippen LogP contribution in [0.15, 0.2) is 66.7 Å². The van der Waals surface area contributed by atoms with Crippen LogP contribution in [-0.4, -0.2) is 13.0 Å². The van der Waals surface area contributed by atoms with Crippen LogP contribution >= 0.6 is 23.2 Å². The number of benzene rings is 3. The fourth-order valence-electron chi connectivity index (χ4n) is 3.55. The van der Waals surface area contributed by atoms with Crippen molar-refractivity contribution in [2.45, 2.75) is 12.0 Å². The predicted molar refractivity (Wildman–Crippen MR) is 109 cm³/mol. The van der Waals surface area contributed by atoms with Crippen molar-refractivity contribution in [1.82, 2.24) is 0 Å². The first-order valence-corrected chi connectivity index (χ1v) is 9.42. The van der Waals surface area contributed by atoms with E-state index in [1.54, 1.807) is 42.3 Å². The summed E-state index contributed by atoms with van der Waals surface area (Å²) in [6, 6.07) is 18.8. The lowest BCUT2D eigenvalue weighted by Crippen LogP contribution is -2.53. The first-order valence-electron chi connectivity index (χ1n) is 8.67. The molecule has 0 radical (unpaired) electrons. The number of carbonyl (C=O) groups is 1. The zero-order valence-electron chi connectivity index (χ0n) is 14.9. The third-order valence-corrected chi connectivity index (χ3v) is 5.52. The molecule has 2 atom stereocenters. The molecule has 4 rings (SSSR count). The zero-order chi connectivity index (χ0) is 19.8. The largest absolute Gasteiger partial charge is 0.497 e. The molecule has 142 valence electrons. The fraction of sp³-hybridized carbons (Fsp3) is 0.136. The maximum Gasteiger partial charge on any atom is 0.237 e. The van der Waals surface area contributed by atoms with Crippen molar-refractivity contribution in [2.75, 3.05) is 12.0 Å². The van der Waals surface area contributed by atoms with Crippen molar-refractivity contribution in [2.24, 2.45) is 0 Å². The second kappa shape index (κ2) is 7.46. The second-order valence-electron chi connectivity index (χ2n) is 6.55. The quantitative estimate of drug-likeness (QED) is 0.488. The highest BCUT2D eigenvalue weighted by Gasteiger charge is 2.49. The van der Waals surface area contributed by atoms with Gasteiger partial charge in [0.2, 0.25) is 5.91 Å². The van der Waals surface area contributed by atoms with Crippen LogP contribution in [0.4, 0.5) is 10.1 Å². The lowest BCUT2D eigenvalue weighted by Gasteiger charge is -2.47. The topological polar surface area (TPSA) is 29.5 Å². The Morgan fingerprint density at radius 1 is 0.929 bits per heavy atom. The number of β-lactam (4-membered cyclic amide) rings is 1. The van der Waals surface area contributed by atoms with Crippen LogP contribution in [0.1, 0.15) is 23.1 Å². The van der Waals surface area contributed by atoms with Crippen molar-refractivity contribution >= 4 is 34.8 Å². The monoisotopic (exact) mass is 415 g/mol. The molecule has 0 unspecified atom stereocenters. The zero-order valence-corrected chi connectivity index (χ0v) is 16.4. The van der Waals surface area contributed by atoms with E-state index in [0.717, 1.165) is 11.3 Å². The Morgan fingerprint density at radius 2 is 1.57 bits per heavy atom. The van der Waals surface area contributed by atoms with E-state index >= 15 is 0 Å². The van der Waals surface area contributed by atoms with Crippen molar-refractivity contribution in [3.8, 4) is 5.75 Å². The molecule has 1 amide bonds. The highest BCUT2D eigenvalue weighted by molar-refractivity contribution is 6.31. The molecule has 0 bridgehead atoms. The highest BCUT2D eigenvalue weighted by atomic mass is 35.5. The molecule has 1 saturated heterocycles. The SMILES string of the molecule is COc1ccc(N2C(=O)[C@H](c3ccc(Cl)c(F)c3)[C@H]2c2ccc(Cl)cc2)cc1. The lowest BCUT2D eigenvalue weighted by molar-refractivity contribution is -0.126. The number of anilines is 1. The number of ether oxygens (including phenoxy) is 1. The Hall–Kier alpha value is -2.56. The molecule has 6 heteroatoms. The minimum absolute atomic E-state index is 0.0329. The van der Waals surface area contributed by atoms with Gasteiger partial charge in [0.1, 0.15) is 11.6 Å². The van der Waals surface area contributed by atoms with E-state index in [4.69, 9.17) is 27.9 Å². The van der Waals surface area contributed by atoms with Gasteiger partial charge < -0.3 is 9.64 Å². The number of rotatable bonds is 4. The Balaban J connectivity index is 1.76.